The first-order chi connectivity index (χ1) is 12.0. The molecule has 2 aromatic rings. The Morgan fingerprint density at radius 1 is 0.926 bits per heavy atom. The number of benzene rings is 2. The van der Waals surface area contributed by atoms with E-state index in [9.17, 15) is 13.2 Å². The van der Waals surface area contributed by atoms with Gasteiger partial charge in [-0.3, -0.25) is 4.90 Å². The van der Waals surface area contributed by atoms with Crippen LogP contribution in [0.1, 0.15) is 18.0 Å². The van der Waals surface area contributed by atoms with Crippen LogP contribution >= 0.6 is 24.8 Å². The van der Waals surface area contributed by atoms with Crippen LogP contribution in [-0.4, -0.2) is 37.3 Å². The van der Waals surface area contributed by atoms with Crippen molar-refractivity contribution in [3.63, 3.8) is 0 Å². The van der Waals surface area contributed by atoms with Crippen molar-refractivity contribution in [1.82, 2.24) is 10.2 Å². The third-order valence-electron chi connectivity index (χ3n) is 4.24. The lowest BCUT2D eigenvalue weighted by Gasteiger charge is -2.35. The number of nitrogens with zero attached hydrogens (tertiary/aromatic N) is 1. The summed E-state index contributed by atoms with van der Waals surface area (Å²) in [5.41, 5.74) is 0.632. The molecule has 2 aromatic carbocycles. The highest BCUT2D eigenvalue weighted by atomic mass is 35.5. The van der Waals surface area contributed by atoms with Crippen molar-refractivity contribution in [3.8, 4) is 11.5 Å². The molecule has 0 unspecified atom stereocenters. The third kappa shape index (κ3) is 7.22. The van der Waals surface area contributed by atoms with Gasteiger partial charge < -0.3 is 10.1 Å². The number of alkyl halides is 3. The molecule has 0 aliphatic carbocycles. The molecule has 0 saturated carbocycles. The topological polar surface area (TPSA) is 24.5 Å². The highest BCUT2D eigenvalue weighted by Gasteiger charge is 2.36. The first-order valence-corrected chi connectivity index (χ1v) is 8.36. The van der Waals surface area contributed by atoms with Gasteiger partial charge in [-0.15, -0.1) is 24.8 Å². The van der Waals surface area contributed by atoms with Crippen molar-refractivity contribution >= 4 is 24.8 Å². The maximum atomic E-state index is 13.1. The first kappa shape index (κ1) is 23.6. The van der Waals surface area contributed by atoms with E-state index in [-0.39, 0.29) is 24.8 Å². The SMILES string of the molecule is Cl.Cl.FC(F)(F)C[C@@H](c1cccc(Oc2ccccc2)c1)N1CCNCC1. The quantitative estimate of drug-likeness (QED) is 0.714. The maximum absolute atomic E-state index is 13.1. The lowest BCUT2D eigenvalue weighted by molar-refractivity contribution is -0.148. The second-order valence-electron chi connectivity index (χ2n) is 6.11. The monoisotopic (exact) mass is 422 g/mol. The van der Waals surface area contributed by atoms with E-state index < -0.39 is 18.6 Å². The fourth-order valence-electron chi connectivity index (χ4n) is 3.08. The average molecular weight is 423 g/mol. The summed E-state index contributed by atoms with van der Waals surface area (Å²) in [7, 11) is 0. The average Bonchev–Trinajstić information content (AvgIpc) is 2.61. The number of nitrogens with one attached hydrogen (secondary N) is 1. The molecule has 0 bridgehead atoms. The van der Waals surface area contributed by atoms with E-state index in [1.807, 2.05) is 35.2 Å². The van der Waals surface area contributed by atoms with Gasteiger partial charge in [0.25, 0.3) is 0 Å². The number of hydrogen-bond acceptors (Lipinski definition) is 3. The molecule has 150 valence electrons. The number of para-hydroxylation sites is 1. The minimum absolute atomic E-state index is 0. The van der Waals surface area contributed by atoms with Crippen molar-refractivity contribution in [1.29, 1.82) is 0 Å². The molecular weight excluding hydrogens is 400 g/mol. The van der Waals surface area contributed by atoms with E-state index in [4.69, 9.17) is 4.74 Å². The molecule has 8 heteroatoms. The van der Waals surface area contributed by atoms with Gasteiger partial charge >= 0.3 is 6.18 Å². The molecule has 1 N–H and O–H groups in total. The lowest BCUT2D eigenvalue weighted by Crippen LogP contribution is -2.46. The Bertz CT molecular complexity index is 680. The smallest absolute Gasteiger partial charge is 0.390 e. The molecule has 1 aliphatic rings. The van der Waals surface area contributed by atoms with Crippen molar-refractivity contribution in [2.24, 2.45) is 0 Å². The minimum Gasteiger partial charge on any atom is -0.457 e. The minimum atomic E-state index is -4.22. The second-order valence-corrected chi connectivity index (χ2v) is 6.11. The number of hydrogen-bond donors (Lipinski definition) is 1. The van der Waals surface area contributed by atoms with Crippen LogP contribution in [0.15, 0.2) is 54.6 Å². The Hall–Kier alpha value is -1.47. The molecule has 1 aliphatic heterocycles. The van der Waals surface area contributed by atoms with Crippen molar-refractivity contribution in [3.05, 3.63) is 60.2 Å². The molecule has 0 radical (unpaired) electrons. The molecule has 0 spiro atoms. The molecule has 0 aromatic heterocycles. The summed E-state index contributed by atoms with van der Waals surface area (Å²) in [4.78, 5) is 1.89. The molecule has 1 atom stereocenters. The van der Waals surface area contributed by atoms with E-state index in [2.05, 4.69) is 5.32 Å². The molecular formula is C19H23Cl2F3N2O. The highest BCUT2D eigenvalue weighted by molar-refractivity contribution is 5.85. The van der Waals surface area contributed by atoms with Gasteiger partial charge in [-0.25, -0.2) is 0 Å². The normalized spacial score (nSPS) is 16.0. The fraction of sp³-hybridized carbons (Fsp3) is 0.368. The largest absolute Gasteiger partial charge is 0.457 e. The lowest BCUT2D eigenvalue weighted by atomic mass is 10.0. The van der Waals surface area contributed by atoms with Crippen LogP contribution in [0.3, 0.4) is 0 Å². The fourth-order valence-corrected chi connectivity index (χ4v) is 3.08. The van der Waals surface area contributed by atoms with Crippen LogP contribution < -0.4 is 10.1 Å². The van der Waals surface area contributed by atoms with Gasteiger partial charge in [0, 0.05) is 32.2 Å². The van der Waals surface area contributed by atoms with Gasteiger partial charge in [-0.2, -0.15) is 13.2 Å². The number of piperazine rings is 1. The maximum Gasteiger partial charge on any atom is 0.390 e. The van der Waals surface area contributed by atoms with Gasteiger partial charge in [-0.1, -0.05) is 30.3 Å². The van der Waals surface area contributed by atoms with E-state index in [1.165, 1.54) is 0 Å². The summed E-state index contributed by atoms with van der Waals surface area (Å²) in [6, 6.07) is 15.5. The molecule has 1 fully saturated rings. The van der Waals surface area contributed by atoms with Crippen LogP contribution in [0, 0.1) is 0 Å². The first-order valence-electron chi connectivity index (χ1n) is 8.36. The van der Waals surface area contributed by atoms with E-state index in [0.29, 0.717) is 43.2 Å². The van der Waals surface area contributed by atoms with Gasteiger partial charge in [0.2, 0.25) is 0 Å². The molecule has 3 rings (SSSR count). The Kier molecular flexibility index (Phi) is 9.39. The Morgan fingerprint density at radius 3 is 2.19 bits per heavy atom. The Morgan fingerprint density at radius 2 is 1.56 bits per heavy atom. The summed E-state index contributed by atoms with van der Waals surface area (Å²) >= 11 is 0. The standard InChI is InChI=1S/C19H21F3N2O.2ClH/c20-19(21,22)14-18(24-11-9-23-10-12-24)15-5-4-8-17(13-15)25-16-6-2-1-3-7-16;;/h1-8,13,18,23H,9-12,14H2;2*1H/t18-;;/m0../s1. The van der Waals surface area contributed by atoms with Crippen LogP contribution in [0.4, 0.5) is 13.2 Å². The zero-order valence-corrected chi connectivity index (χ0v) is 16.2. The Labute approximate surface area is 169 Å². The molecule has 0 amide bonds. The van der Waals surface area contributed by atoms with E-state index in [0.717, 1.165) is 0 Å². The number of rotatable bonds is 5. The predicted molar refractivity (Wildman–Crippen MR) is 105 cm³/mol. The van der Waals surface area contributed by atoms with E-state index in [1.54, 1.807) is 24.3 Å². The zero-order chi connectivity index (χ0) is 17.7. The summed E-state index contributed by atoms with van der Waals surface area (Å²) < 4.78 is 45.1. The summed E-state index contributed by atoms with van der Waals surface area (Å²) in [5, 5.41) is 3.18. The highest BCUT2D eigenvalue weighted by Crippen LogP contribution is 2.35. The Balaban J connectivity index is 0.00000182. The van der Waals surface area contributed by atoms with Crippen LogP contribution in [0.2, 0.25) is 0 Å². The van der Waals surface area contributed by atoms with Crippen LogP contribution in [0.5, 0.6) is 11.5 Å². The van der Waals surface area contributed by atoms with Crippen LogP contribution in [0.25, 0.3) is 0 Å². The van der Waals surface area contributed by atoms with Crippen molar-refractivity contribution in [2.45, 2.75) is 18.6 Å². The summed E-state index contributed by atoms with van der Waals surface area (Å²) in [6.45, 7) is 2.61. The number of halogens is 5. The second kappa shape index (κ2) is 10.8. The molecule has 1 saturated heterocycles. The predicted octanol–water partition coefficient (Wildman–Crippen LogP) is 5.22. The summed E-state index contributed by atoms with van der Waals surface area (Å²) in [5.74, 6) is 1.21. The molecule has 27 heavy (non-hydrogen) atoms. The van der Waals surface area contributed by atoms with Gasteiger partial charge in [0.15, 0.2) is 0 Å². The van der Waals surface area contributed by atoms with Gasteiger partial charge in [0.05, 0.1) is 6.42 Å². The third-order valence-corrected chi connectivity index (χ3v) is 4.24. The van der Waals surface area contributed by atoms with Gasteiger partial charge in [-0.05, 0) is 29.8 Å². The summed E-state index contributed by atoms with van der Waals surface area (Å²) in [6.07, 6.45) is -5.08. The van der Waals surface area contributed by atoms with Gasteiger partial charge in [0.1, 0.15) is 11.5 Å². The molecule has 1 heterocycles. The van der Waals surface area contributed by atoms with Crippen molar-refractivity contribution in [2.75, 3.05) is 26.2 Å². The molecule has 3 nitrogen and oxygen atoms in total. The number of ether oxygens (including phenoxy) is 1. The zero-order valence-electron chi connectivity index (χ0n) is 14.6. The van der Waals surface area contributed by atoms with E-state index >= 15 is 0 Å². The van der Waals surface area contributed by atoms with Crippen molar-refractivity contribution < 1.29 is 17.9 Å². The van der Waals surface area contributed by atoms with Crippen LogP contribution in [-0.2, 0) is 0 Å².